The topological polar surface area (TPSA) is 61.9 Å². The summed E-state index contributed by atoms with van der Waals surface area (Å²) < 4.78 is 18.4. The molecule has 0 spiro atoms. The maximum Gasteiger partial charge on any atom is 0.226 e. The van der Waals surface area contributed by atoms with Crippen molar-refractivity contribution in [3.63, 3.8) is 0 Å². The monoisotopic (exact) mass is 337 g/mol. The van der Waals surface area contributed by atoms with Crippen molar-refractivity contribution in [2.75, 3.05) is 51.3 Å². The molecule has 7 heteroatoms. The van der Waals surface area contributed by atoms with Gasteiger partial charge >= 0.3 is 0 Å². The number of nitrogens with one attached hydrogen (secondary N) is 1. The van der Waals surface area contributed by atoms with Gasteiger partial charge in [0.15, 0.2) is 0 Å². The summed E-state index contributed by atoms with van der Waals surface area (Å²) in [5.41, 5.74) is 0.419. The number of ether oxygens (including phenoxy) is 1. The summed E-state index contributed by atoms with van der Waals surface area (Å²) >= 11 is 0. The van der Waals surface area contributed by atoms with Crippen LogP contribution in [0.25, 0.3) is 0 Å². The molecule has 0 atom stereocenters. The van der Waals surface area contributed by atoms with Crippen LogP contribution in [0.3, 0.4) is 0 Å². The fraction of sp³-hybridized carbons (Fsp3) is 0.529. The molecule has 0 radical (unpaired) electrons. The van der Waals surface area contributed by atoms with Gasteiger partial charge in [-0.25, -0.2) is 4.39 Å². The zero-order valence-corrected chi connectivity index (χ0v) is 14.0. The number of nitrogens with zero attached hydrogens (tertiary/aromatic N) is 2. The number of hydrogen-bond donors (Lipinski definition) is 1. The molecular weight excluding hydrogens is 313 g/mol. The number of anilines is 1. The third kappa shape index (κ3) is 6.25. The molecule has 1 fully saturated rings. The Hall–Kier alpha value is -1.99. The number of carbonyl (C=O) groups excluding carboxylic acids is 2. The fourth-order valence-electron chi connectivity index (χ4n) is 2.54. The summed E-state index contributed by atoms with van der Waals surface area (Å²) in [7, 11) is 0. The average molecular weight is 337 g/mol. The van der Waals surface area contributed by atoms with E-state index in [2.05, 4.69) is 10.2 Å². The van der Waals surface area contributed by atoms with Gasteiger partial charge in [-0.15, -0.1) is 0 Å². The molecule has 1 aromatic rings. The first-order chi connectivity index (χ1) is 11.5. The molecule has 1 saturated heterocycles. The van der Waals surface area contributed by atoms with Crippen LogP contribution in [-0.2, 0) is 14.3 Å². The van der Waals surface area contributed by atoms with Gasteiger partial charge in [0.1, 0.15) is 5.82 Å². The highest BCUT2D eigenvalue weighted by atomic mass is 19.1. The SMILES string of the molecule is CC(=O)N(CCC(=O)Nc1cccc(F)c1)CCN1CCOCC1. The molecule has 0 aromatic heterocycles. The summed E-state index contributed by atoms with van der Waals surface area (Å²) in [6.45, 7) is 6.38. The van der Waals surface area contributed by atoms with Gasteiger partial charge in [0.2, 0.25) is 11.8 Å². The molecule has 24 heavy (non-hydrogen) atoms. The lowest BCUT2D eigenvalue weighted by atomic mass is 10.3. The van der Waals surface area contributed by atoms with E-state index in [1.807, 2.05) is 0 Å². The van der Waals surface area contributed by atoms with Crippen molar-refractivity contribution in [1.29, 1.82) is 0 Å². The van der Waals surface area contributed by atoms with Gasteiger partial charge in [-0.2, -0.15) is 0 Å². The van der Waals surface area contributed by atoms with E-state index in [0.717, 1.165) is 32.8 Å². The van der Waals surface area contributed by atoms with E-state index in [1.165, 1.54) is 25.1 Å². The molecule has 0 aliphatic carbocycles. The molecular formula is C17H24FN3O3. The van der Waals surface area contributed by atoms with E-state index in [1.54, 1.807) is 11.0 Å². The Morgan fingerprint density at radius 3 is 2.71 bits per heavy atom. The summed E-state index contributed by atoms with van der Waals surface area (Å²) in [6.07, 6.45) is 0.180. The second kappa shape index (κ2) is 9.34. The molecule has 1 aliphatic heterocycles. The molecule has 132 valence electrons. The van der Waals surface area contributed by atoms with Crippen molar-refractivity contribution in [2.24, 2.45) is 0 Å². The Labute approximate surface area is 141 Å². The number of morpholine rings is 1. The van der Waals surface area contributed by atoms with Gasteiger partial charge in [0, 0.05) is 51.8 Å². The van der Waals surface area contributed by atoms with Gasteiger partial charge in [0.05, 0.1) is 13.2 Å². The first kappa shape index (κ1) is 18.4. The third-order valence-electron chi connectivity index (χ3n) is 3.95. The van der Waals surface area contributed by atoms with Crippen molar-refractivity contribution in [1.82, 2.24) is 9.80 Å². The van der Waals surface area contributed by atoms with E-state index in [0.29, 0.717) is 18.8 Å². The molecule has 1 heterocycles. The lowest BCUT2D eigenvalue weighted by Crippen LogP contribution is -2.43. The van der Waals surface area contributed by atoms with E-state index in [4.69, 9.17) is 4.74 Å². The van der Waals surface area contributed by atoms with Crippen LogP contribution < -0.4 is 5.32 Å². The van der Waals surface area contributed by atoms with Gasteiger partial charge < -0.3 is 15.0 Å². The standard InChI is InChI=1S/C17H24FN3O3/c1-14(22)21(8-7-20-9-11-24-12-10-20)6-5-17(23)19-16-4-2-3-15(18)13-16/h2-4,13H,5-12H2,1H3,(H,19,23). The number of halogens is 1. The Morgan fingerprint density at radius 2 is 2.04 bits per heavy atom. The van der Waals surface area contributed by atoms with Crippen LogP contribution in [0.5, 0.6) is 0 Å². The number of carbonyl (C=O) groups is 2. The summed E-state index contributed by atoms with van der Waals surface area (Å²) in [5.74, 6) is -0.691. The molecule has 2 amide bonds. The number of rotatable bonds is 7. The van der Waals surface area contributed by atoms with E-state index in [9.17, 15) is 14.0 Å². The second-order valence-corrected chi connectivity index (χ2v) is 5.77. The molecule has 2 rings (SSSR count). The maximum atomic E-state index is 13.1. The predicted molar refractivity (Wildman–Crippen MR) is 89.2 cm³/mol. The highest BCUT2D eigenvalue weighted by molar-refractivity contribution is 5.91. The van der Waals surface area contributed by atoms with Gasteiger partial charge in [-0.3, -0.25) is 14.5 Å². The predicted octanol–water partition coefficient (Wildman–Crippen LogP) is 1.34. The highest BCUT2D eigenvalue weighted by Gasteiger charge is 2.15. The van der Waals surface area contributed by atoms with E-state index >= 15 is 0 Å². The normalized spacial score (nSPS) is 15.1. The van der Waals surface area contributed by atoms with Gasteiger partial charge in [0.25, 0.3) is 0 Å². The van der Waals surface area contributed by atoms with Crippen LogP contribution in [0.15, 0.2) is 24.3 Å². The Kier molecular flexibility index (Phi) is 7.14. The minimum atomic E-state index is -0.399. The van der Waals surface area contributed by atoms with Crippen LogP contribution >= 0.6 is 0 Å². The molecule has 1 aliphatic rings. The van der Waals surface area contributed by atoms with Crippen molar-refractivity contribution >= 4 is 17.5 Å². The molecule has 0 saturated carbocycles. The Balaban J connectivity index is 1.75. The lowest BCUT2D eigenvalue weighted by Gasteiger charge is -2.29. The largest absolute Gasteiger partial charge is 0.379 e. The molecule has 1 aromatic carbocycles. The quantitative estimate of drug-likeness (QED) is 0.815. The average Bonchev–Trinajstić information content (AvgIpc) is 2.55. The van der Waals surface area contributed by atoms with Crippen LogP contribution in [0.4, 0.5) is 10.1 Å². The van der Waals surface area contributed by atoms with Crippen LogP contribution in [0.1, 0.15) is 13.3 Å². The smallest absolute Gasteiger partial charge is 0.226 e. The Morgan fingerprint density at radius 1 is 1.29 bits per heavy atom. The molecule has 1 N–H and O–H groups in total. The zero-order chi connectivity index (χ0) is 17.4. The number of benzene rings is 1. The minimum Gasteiger partial charge on any atom is -0.379 e. The number of amides is 2. The van der Waals surface area contributed by atoms with Crippen molar-refractivity contribution in [3.8, 4) is 0 Å². The van der Waals surface area contributed by atoms with Crippen molar-refractivity contribution < 1.29 is 18.7 Å². The van der Waals surface area contributed by atoms with Crippen molar-refractivity contribution in [2.45, 2.75) is 13.3 Å². The minimum absolute atomic E-state index is 0.0539. The van der Waals surface area contributed by atoms with Gasteiger partial charge in [-0.1, -0.05) is 6.07 Å². The first-order valence-corrected chi connectivity index (χ1v) is 8.15. The van der Waals surface area contributed by atoms with Crippen LogP contribution in [0, 0.1) is 5.82 Å². The van der Waals surface area contributed by atoms with Crippen molar-refractivity contribution in [3.05, 3.63) is 30.1 Å². The second-order valence-electron chi connectivity index (χ2n) is 5.77. The Bertz CT molecular complexity index is 562. The summed E-state index contributed by atoms with van der Waals surface area (Å²) in [6, 6.07) is 5.75. The summed E-state index contributed by atoms with van der Waals surface area (Å²) in [5, 5.41) is 2.64. The zero-order valence-electron chi connectivity index (χ0n) is 14.0. The number of hydrogen-bond acceptors (Lipinski definition) is 4. The molecule has 6 nitrogen and oxygen atoms in total. The summed E-state index contributed by atoms with van der Waals surface area (Å²) in [4.78, 5) is 27.6. The van der Waals surface area contributed by atoms with E-state index < -0.39 is 5.82 Å². The van der Waals surface area contributed by atoms with Gasteiger partial charge in [-0.05, 0) is 18.2 Å². The fourth-order valence-corrected chi connectivity index (χ4v) is 2.54. The highest BCUT2D eigenvalue weighted by Crippen LogP contribution is 2.09. The molecule has 0 unspecified atom stereocenters. The lowest BCUT2D eigenvalue weighted by molar-refractivity contribution is -0.129. The van der Waals surface area contributed by atoms with Crippen LogP contribution in [0.2, 0.25) is 0 Å². The maximum absolute atomic E-state index is 13.1. The first-order valence-electron chi connectivity index (χ1n) is 8.15. The molecule has 0 bridgehead atoms. The van der Waals surface area contributed by atoms with Crippen LogP contribution in [-0.4, -0.2) is 67.6 Å². The third-order valence-corrected chi connectivity index (χ3v) is 3.95. The van der Waals surface area contributed by atoms with E-state index in [-0.39, 0.29) is 18.2 Å².